The van der Waals surface area contributed by atoms with Crippen LogP contribution in [-0.2, 0) is 6.11 Å². The number of hydrogen-bond donors (Lipinski definition) is 0. The lowest BCUT2D eigenvalue weighted by Gasteiger charge is -2.26. The lowest BCUT2D eigenvalue weighted by Crippen LogP contribution is -2.22. The van der Waals surface area contributed by atoms with Crippen LogP contribution in [0.15, 0.2) is 54.6 Å². The van der Waals surface area contributed by atoms with E-state index < -0.39 is 34.1 Å². The molecule has 0 N–H and O–H groups in total. The zero-order chi connectivity index (χ0) is 23.8. The Kier molecular flexibility index (Phi) is 6.66. The van der Waals surface area contributed by atoms with Crippen LogP contribution in [0, 0.1) is 23.4 Å². The Balaban J connectivity index is 1.51. The van der Waals surface area contributed by atoms with Crippen molar-refractivity contribution in [2.45, 2.75) is 44.6 Å². The van der Waals surface area contributed by atoms with Crippen LogP contribution < -0.4 is 4.74 Å². The SMILES string of the molecule is CC1CCC(c2ccc(OC(F)(F)c3ccc(-c4cc(F)c(Cl)c(F)c4)c(F)c3)cc2)CC1. The maximum absolute atomic E-state index is 14.7. The summed E-state index contributed by atoms with van der Waals surface area (Å²) in [6.45, 7) is 2.23. The molecule has 0 bridgehead atoms. The molecule has 0 aliphatic heterocycles. The van der Waals surface area contributed by atoms with E-state index in [1.54, 1.807) is 12.1 Å². The maximum Gasteiger partial charge on any atom is 0.426 e. The quantitative estimate of drug-likeness (QED) is 0.262. The van der Waals surface area contributed by atoms with Crippen LogP contribution in [0.5, 0.6) is 5.75 Å². The van der Waals surface area contributed by atoms with Gasteiger partial charge in [0.25, 0.3) is 0 Å². The first kappa shape index (κ1) is 23.6. The number of halogens is 6. The third-order valence-corrected chi connectivity index (χ3v) is 6.57. The van der Waals surface area contributed by atoms with Crippen molar-refractivity contribution in [1.82, 2.24) is 0 Å². The summed E-state index contributed by atoms with van der Waals surface area (Å²) in [7, 11) is 0. The van der Waals surface area contributed by atoms with Gasteiger partial charge in [-0.3, -0.25) is 0 Å². The monoisotopic (exact) mass is 480 g/mol. The van der Waals surface area contributed by atoms with Gasteiger partial charge in [-0.15, -0.1) is 0 Å². The molecule has 1 nitrogen and oxygen atoms in total. The summed E-state index contributed by atoms with van der Waals surface area (Å²) in [6.07, 6.45) is 0.641. The Morgan fingerprint density at radius 1 is 0.818 bits per heavy atom. The van der Waals surface area contributed by atoms with E-state index >= 15 is 0 Å². The van der Waals surface area contributed by atoms with Crippen molar-refractivity contribution < 1.29 is 26.7 Å². The fourth-order valence-electron chi connectivity index (χ4n) is 4.25. The molecule has 1 fully saturated rings. The van der Waals surface area contributed by atoms with Crippen molar-refractivity contribution in [3.05, 3.63) is 88.2 Å². The molecule has 0 heterocycles. The van der Waals surface area contributed by atoms with Crippen LogP contribution in [0.4, 0.5) is 22.0 Å². The molecule has 0 spiro atoms. The predicted octanol–water partition coefficient (Wildman–Crippen LogP) is 8.85. The van der Waals surface area contributed by atoms with Crippen molar-refractivity contribution >= 4 is 11.6 Å². The van der Waals surface area contributed by atoms with Gasteiger partial charge in [-0.2, -0.15) is 8.78 Å². The molecule has 0 amide bonds. The highest BCUT2D eigenvalue weighted by atomic mass is 35.5. The normalized spacial score (nSPS) is 18.9. The molecule has 1 aliphatic carbocycles. The van der Waals surface area contributed by atoms with Gasteiger partial charge in [0, 0.05) is 5.56 Å². The van der Waals surface area contributed by atoms with Gasteiger partial charge < -0.3 is 4.74 Å². The molecule has 3 aromatic rings. The van der Waals surface area contributed by atoms with Gasteiger partial charge in [0.1, 0.15) is 28.2 Å². The molecule has 33 heavy (non-hydrogen) atoms. The lowest BCUT2D eigenvalue weighted by molar-refractivity contribution is -0.185. The van der Waals surface area contributed by atoms with Crippen LogP contribution in [0.1, 0.15) is 49.7 Å². The topological polar surface area (TPSA) is 9.23 Å². The molecule has 0 unspecified atom stereocenters. The Bertz CT molecular complexity index is 1110. The minimum atomic E-state index is -3.81. The van der Waals surface area contributed by atoms with E-state index in [9.17, 15) is 22.0 Å². The molecule has 0 aromatic heterocycles. The summed E-state index contributed by atoms with van der Waals surface area (Å²) < 4.78 is 76.3. The molecule has 0 radical (unpaired) electrons. The largest absolute Gasteiger partial charge is 0.429 e. The van der Waals surface area contributed by atoms with Crippen LogP contribution in [0.3, 0.4) is 0 Å². The van der Waals surface area contributed by atoms with Crippen molar-refractivity contribution in [2.75, 3.05) is 0 Å². The number of alkyl halides is 2. The molecule has 4 rings (SSSR count). The first-order chi connectivity index (χ1) is 15.6. The van der Waals surface area contributed by atoms with Gasteiger partial charge in [-0.1, -0.05) is 49.6 Å². The fraction of sp³-hybridized carbons (Fsp3) is 0.308. The lowest BCUT2D eigenvalue weighted by atomic mass is 9.79. The summed E-state index contributed by atoms with van der Waals surface area (Å²) in [5.74, 6) is -2.13. The van der Waals surface area contributed by atoms with Crippen molar-refractivity contribution in [2.24, 2.45) is 5.92 Å². The average molecular weight is 481 g/mol. The highest BCUT2D eigenvalue weighted by molar-refractivity contribution is 6.31. The third-order valence-electron chi connectivity index (χ3n) is 6.21. The standard InChI is InChI=1S/C26H22ClF5O/c1-15-2-4-16(5-3-15)17-6-9-20(10-7-17)33-26(31,32)19-8-11-21(22(28)14-19)18-12-23(29)25(27)24(30)13-18/h6-16H,2-5H2,1H3. The van der Waals surface area contributed by atoms with E-state index in [1.807, 2.05) is 0 Å². The number of rotatable bonds is 5. The second kappa shape index (κ2) is 9.34. The van der Waals surface area contributed by atoms with Gasteiger partial charge in [-0.05, 0) is 72.2 Å². The second-order valence-electron chi connectivity index (χ2n) is 8.59. The molecular weight excluding hydrogens is 459 g/mol. The van der Waals surface area contributed by atoms with Gasteiger partial charge in [0.2, 0.25) is 0 Å². The molecule has 1 saturated carbocycles. The highest BCUT2D eigenvalue weighted by Gasteiger charge is 2.35. The summed E-state index contributed by atoms with van der Waals surface area (Å²) in [4.78, 5) is 0. The van der Waals surface area contributed by atoms with Gasteiger partial charge in [0.15, 0.2) is 0 Å². The summed E-state index contributed by atoms with van der Waals surface area (Å²) >= 11 is 5.44. The van der Waals surface area contributed by atoms with E-state index in [-0.39, 0.29) is 16.9 Å². The van der Waals surface area contributed by atoms with Crippen LogP contribution in [0.25, 0.3) is 11.1 Å². The Hall–Kier alpha value is -2.60. The number of hydrogen-bond acceptors (Lipinski definition) is 1. The smallest absolute Gasteiger partial charge is 0.426 e. The van der Waals surface area contributed by atoms with Crippen LogP contribution in [0.2, 0.25) is 5.02 Å². The van der Waals surface area contributed by atoms with Gasteiger partial charge >= 0.3 is 6.11 Å². The highest BCUT2D eigenvalue weighted by Crippen LogP contribution is 2.38. The Labute approximate surface area is 194 Å². The molecule has 0 atom stereocenters. The molecular formula is C26H22ClF5O. The van der Waals surface area contributed by atoms with E-state index in [2.05, 4.69) is 6.92 Å². The fourth-order valence-corrected chi connectivity index (χ4v) is 4.36. The van der Waals surface area contributed by atoms with E-state index in [4.69, 9.17) is 16.3 Å². The first-order valence-electron chi connectivity index (χ1n) is 10.8. The molecule has 174 valence electrons. The van der Waals surface area contributed by atoms with Crippen LogP contribution in [-0.4, -0.2) is 0 Å². The maximum atomic E-state index is 14.7. The second-order valence-corrected chi connectivity index (χ2v) is 8.97. The van der Waals surface area contributed by atoms with Crippen molar-refractivity contribution in [1.29, 1.82) is 0 Å². The third kappa shape index (κ3) is 5.16. The van der Waals surface area contributed by atoms with Crippen LogP contribution >= 0.6 is 11.6 Å². The summed E-state index contributed by atoms with van der Waals surface area (Å²) in [5.41, 5.74) is -0.0232. The number of benzene rings is 3. The summed E-state index contributed by atoms with van der Waals surface area (Å²) in [6, 6.07) is 10.8. The van der Waals surface area contributed by atoms with E-state index in [0.717, 1.165) is 55.5 Å². The Morgan fingerprint density at radius 2 is 1.42 bits per heavy atom. The zero-order valence-corrected chi connectivity index (χ0v) is 18.6. The molecule has 3 aromatic carbocycles. The van der Waals surface area contributed by atoms with Crippen molar-refractivity contribution in [3.8, 4) is 16.9 Å². The predicted molar refractivity (Wildman–Crippen MR) is 118 cm³/mol. The minimum absolute atomic E-state index is 0.0424. The average Bonchev–Trinajstić information content (AvgIpc) is 2.78. The first-order valence-corrected chi connectivity index (χ1v) is 11.1. The van der Waals surface area contributed by atoms with Gasteiger partial charge in [0.05, 0.1) is 5.56 Å². The van der Waals surface area contributed by atoms with Crippen molar-refractivity contribution in [3.63, 3.8) is 0 Å². The molecule has 1 aliphatic rings. The number of ether oxygens (including phenoxy) is 1. The summed E-state index contributed by atoms with van der Waals surface area (Å²) in [5, 5.41) is -0.722. The molecule has 0 saturated heterocycles. The zero-order valence-electron chi connectivity index (χ0n) is 17.9. The molecule has 7 heteroatoms. The minimum Gasteiger partial charge on any atom is -0.429 e. The van der Waals surface area contributed by atoms with E-state index in [0.29, 0.717) is 17.9 Å². The Morgan fingerprint density at radius 3 is 2.00 bits per heavy atom. The van der Waals surface area contributed by atoms with Gasteiger partial charge in [-0.25, -0.2) is 13.2 Å². The van der Waals surface area contributed by atoms with E-state index in [1.165, 1.54) is 12.1 Å².